The van der Waals surface area contributed by atoms with Crippen LogP contribution >= 0.6 is 15.6 Å². The van der Waals surface area contributed by atoms with Crippen molar-refractivity contribution in [3.63, 3.8) is 0 Å². The number of aliphatic hydroxyl groups is 1. The summed E-state index contributed by atoms with van der Waals surface area (Å²) >= 11 is 0. The van der Waals surface area contributed by atoms with Gasteiger partial charge in [-0.2, -0.15) is 0 Å². The molecule has 0 rings (SSSR count). The Hall–Kier alpha value is -1.94. The number of esters is 4. The lowest BCUT2D eigenvalue weighted by molar-refractivity contribution is -0.161. The van der Waals surface area contributed by atoms with Crippen LogP contribution in [0.5, 0.6) is 0 Å². The summed E-state index contributed by atoms with van der Waals surface area (Å²) in [6.45, 7) is 14.1. The van der Waals surface area contributed by atoms with E-state index in [1.807, 2.05) is 0 Å². The van der Waals surface area contributed by atoms with E-state index in [-0.39, 0.29) is 25.7 Å². The number of unbranched alkanes of at least 4 members (excludes halogenated alkanes) is 35. The maximum absolute atomic E-state index is 13.1. The molecule has 17 nitrogen and oxygen atoms in total. The minimum atomic E-state index is -4.96. The monoisotopic (exact) mass is 1380 g/mol. The third-order valence-electron chi connectivity index (χ3n) is 18.4. The summed E-state index contributed by atoms with van der Waals surface area (Å²) < 4.78 is 68.4. The molecule has 0 aliphatic rings. The number of phosphoric ester groups is 2. The van der Waals surface area contributed by atoms with Crippen LogP contribution in [0.4, 0.5) is 0 Å². The molecule has 0 fully saturated rings. The van der Waals surface area contributed by atoms with Gasteiger partial charge < -0.3 is 33.8 Å². The maximum Gasteiger partial charge on any atom is 0.472 e. The summed E-state index contributed by atoms with van der Waals surface area (Å²) in [6, 6.07) is 0. The first kappa shape index (κ1) is 92.1. The van der Waals surface area contributed by atoms with Crippen molar-refractivity contribution in [1.82, 2.24) is 0 Å². The summed E-state index contributed by atoms with van der Waals surface area (Å²) in [7, 11) is -9.91. The van der Waals surface area contributed by atoms with Crippen LogP contribution in [-0.4, -0.2) is 96.7 Å². The van der Waals surface area contributed by atoms with Gasteiger partial charge >= 0.3 is 39.5 Å². The fourth-order valence-electron chi connectivity index (χ4n) is 11.3. The second-order valence-electron chi connectivity index (χ2n) is 28.2. The minimum absolute atomic E-state index is 0.102. The fourth-order valence-corrected chi connectivity index (χ4v) is 12.9. The summed E-state index contributed by atoms with van der Waals surface area (Å²) in [4.78, 5) is 72.6. The first-order chi connectivity index (χ1) is 45.2. The third-order valence-corrected chi connectivity index (χ3v) is 20.3. The fraction of sp³-hybridized carbons (Fsp3) is 0.947. The minimum Gasteiger partial charge on any atom is -0.462 e. The first-order valence-electron chi connectivity index (χ1n) is 38.8. The topological polar surface area (TPSA) is 237 Å². The van der Waals surface area contributed by atoms with Gasteiger partial charge in [-0.05, 0) is 49.4 Å². The molecule has 19 heteroatoms. The molecule has 3 N–H and O–H groups in total. The van der Waals surface area contributed by atoms with Crippen molar-refractivity contribution >= 4 is 39.5 Å². The van der Waals surface area contributed by atoms with Gasteiger partial charge in [-0.15, -0.1) is 0 Å². The molecule has 0 aromatic rings. The summed E-state index contributed by atoms with van der Waals surface area (Å²) in [6.07, 6.45) is 48.8. The lowest BCUT2D eigenvalue weighted by Crippen LogP contribution is -2.30. The Morgan fingerprint density at radius 2 is 0.511 bits per heavy atom. The molecule has 8 atom stereocenters. The zero-order valence-corrected chi connectivity index (χ0v) is 63.4. The summed E-state index contributed by atoms with van der Waals surface area (Å²) in [5, 5.41) is 10.6. The van der Waals surface area contributed by atoms with E-state index < -0.39 is 97.5 Å². The zero-order valence-electron chi connectivity index (χ0n) is 61.6. The molecular weight excluding hydrogens is 1230 g/mol. The highest BCUT2D eigenvalue weighted by Gasteiger charge is 2.30. The molecule has 0 heterocycles. The van der Waals surface area contributed by atoms with Gasteiger partial charge in [-0.3, -0.25) is 37.3 Å². The van der Waals surface area contributed by atoms with Crippen molar-refractivity contribution in [1.29, 1.82) is 0 Å². The second kappa shape index (κ2) is 64.4. The van der Waals surface area contributed by atoms with Crippen LogP contribution in [0.25, 0.3) is 0 Å². The van der Waals surface area contributed by atoms with E-state index in [2.05, 4.69) is 55.4 Å². The average Bonchev–Trinajstić information content (AvgIpc) is 1.60. The Balaban J connectivity index is 5.15. The zero-order chi connectivity index (χ0) is 69.6. The molecule has 0 aliphatic carbocycles. The van der Waals surface area contributed by atoms with E-state index in [0.717, 1.165) is 114 Å². The highest BCUT2D eigenvalue weighted by molar-refractivity contribution is 7.47. The smallest absolute Gasteiger partial charge is 0.462 e. The van der Waals surface area contributed by atoms with Gasteiger partial charge in [0.1, 0.15) is 19.3 Å². The SMILES string of the molecule is CCC(C)CCCCCCCCCCCCCCCCCCCCC(=O)OC[C@H](COP(=O)(O)OCC(O)COP(=O)(O)OC[C@@H](COC(=O)CCCCCCCCCC(C)C)OC(=O)CCCCCCCCC(C)CC)OC(=O)CCCCCCCCCCC(C)CC. The maximum atomic E-state index is 13.1. The molecule has 0 aromatic heterocycles. The van der Waals surface area contributed by atoms with Crippen LogP contribution in [0.3, 0.4) is 0 Å². The van der Waals surface area contributed by atoms with Crippen molar-refractivity contribution in [3.05, 3.63) is 0 Å². The third kappa shape index (κ3) is 64.7. The van der Waals surface area contributed by atoms with E-state index in [9.17, 15) is 43.2 Å². The van der Waals surface area contributed by atoms with Crippen LogP contribution in [0.15, 0.2) is 0 Å². The van der Waals surface area contributed by atoms with Crippen molar-refractivity contribution < 1.29 is 80.2 Å². The summed E-state index contributed by atoms with van der Waals surface area (Å²) in [5.74, 6) is 0.939. The number of phosphoric acid groups is 2. The number of aliphatic hydroxyl groups excluding tert-OH is 1. The van der Waals surface area contributed by atoms with Crippen LogP contribution in [-0.2, 0) is 65.4 Å². The molecule has 0 radical (unpaired) electrons. The van der Waals surface area contributed by atoms with Gasteiger partial charge in [-0.25, -0.2) is 9.13 Å². The summed E-state index contributed by atoms with van der Waals surface area (Å²) in [5.41, 5.74) is 0. The number of carbonyl (C=O) groups excluding carboxylic acids is 4. The predicted molar refractivity (Wildman–Crippen MR) is 381 cm³/mol. The van der Waals surface area contributed by atoms with Gasteiger partial charge in [0.15, 0.2) is 12.2 Å². The van der Waals surface area contributed by atoms with Gasteiger partial charge in [0, 0.05) is 25.7 Å². The van der Waals surface area contributed by atoms with Crippen molar-refractivity contribution in [2.75, 3.05) is 39.6 Å². The average molecular weight is 1380 g/mol. The van der Waals surface area contributed by atoms with Crippen molar-refractivity contribution in [2.24, 2.45) is 23.7 Å². The molecule has 0 saturated heterocycles. The van der Waals surface area contributed by atoms with E-state index in [1.165, 1.54) is 173 Å². The van der Waals surface area contributed by atoms with E-state index >= 15 is 0 Å². The van der Waals surface area contributed by atoms with Crippen LogP contribution in [0.2, 0.25) is 0 Å². The van der Waals surface area contributed by atoms with E-state index in [1.54, 1.807) is 0 Å². The molecule has 0 spiro atoms. The molecule has 0 amide bonds. The number of carbonyl (C=O) groups is 4. The standard InChI is InChI=1S/C75H146O17P2/c1-9-66(6)52-44-36-28-22-20-18-16-14-12-13-15-17-19-21-23-30-39-47-55-72(77)85-61-70(91-74(79)57-49-41-31-25-24-29-37-45-53-67(7)10-2)63-89-93(81,82)87-59-69(76)60-88-94(83,84)90-64-71(92-75(80)58-50-42-34-33-38-46-54-68(8)11-3)62-86-73(78)56-48-40-32-26-27-35-43-51-65(4)5/h65-71,76H,9-64H2,1-8H3,(H,81,82)(H,83,84)/t66?,67?,68?,69?,70-,71-/m1/s1. The molecule has 0 bridgehead atoms. The van der Waals surface area contributed by atoms with Gasteiger partial charge in [-0.1, -0.05) is 325 Å². The molecule has 6 unspecified atom stereocenters. The van der Waals surface area contributed by atoms with Gasteiger partial charge in [0.2, 0.25) is 0 Å². The molecule has 0 aliphatic heterocycles. The highest BCUT2D eigenvalue weighted by Crippen LogP contribution is 2.45. The van der Waals surface area contributed by atoms with E-state index in [4.69, 9.17) is 37.0 Å². The molecule has 0 aromatic carbocycles. The lowest BCUT2D eigenvalue weighted by atomic mass is 9.99. The number of hydrogen-bond acceptors (Lipinski definition) is 15. The van der Waals surface area contributed by atoms with Crippen LogP contribution < -0.4 is 0 Å². The second-order valence-corrected chi connectivity index (χ2v) is 31.1. The normalized spacial score (nSPS) is 15.0. The Morgan fingerprint density at radius 3 is 0.755 bits per heavy atom. The predicted octanol–water partition coefficient (Wildman–Crippen LogP) is 21.7. The van der Waals surface area contributed by atoms with Crippen molar-refractivity contribution in [2.45, 2.75) is 395 Å². The Kier molecular flexibility index (Phi) is 63.1. The number of hydrogen-bond donors (Lipinski definition) is 3. The number of rotatable bonds is 72. The first-order valence-corrected chi connectivity index (χ1v) is 41.8. The van der Waals surface area contributed by atoms with E-state index in [0.29, 0.717) is 31.6 Å². The van der Waals surface area contributed by atoms with Crippen LogP contribution in [0, 0.1) is 23.7 Å². The van der Waals surface area contributed by atoms with Crippen molar-refractivity contribution in [3.8, 4) is 0 Å². The largest absolute Gasteiger partial charge is 0.472 e. The van der Waals surface area contributed by atoms with Gasteiger partial charge in [0.25, 0.3) is 0 Å². The lowest BCUT2D eigenvalue weighted by Gasteiger charge is -2.21. The highest BCUT2D eigenvalue weighted by atomic mass is 31.2. The Morgan fingerprint density at radius 1 is 0.298 bits per heavy atom. The molecular formula is C75H146O17P2. The quantitative estimate of drug-likeness (QED) is 0.0222. The molecule has 558 valence electrons. The Bertz CT molecular complexity index is 1860. The van der Waals surface area contributed by atoms with Gasteiger partial charge in [0.05, 0.1) is 26.4 Å². The number of ether oxygens (including phenoxy) is 4. The molecule has 0 saturated carbocycles. The Labute approximate surface area is 575 Å². The van der Waals surface area contributed by atoms with Crippen LogP contribution in [0.1, 0.15) is 376 Å². The molecule has 94 heavy (non-hydrogen) atoms.